The molecule has 0 aliphatic carbocycles. The quantitative estimate of drug-likeness (QED) is 0.928. The maximum absolute atomic E-state index is 13.8. The summed E-state index contributed by atoms with van der Waals surface area (Å²) >= 11 is 3.23. The van der Waals surface area contributed by atoms with E-state index in [1.807, 2.05) is 6.07 Å². The highest BCUT2D eigenvalue weighted by Crippen LogP contribution is 2.31. The molecule has 3 unspecified atom stereocenters. The van der Waals surface area contributed by atoms with Crippen molar-refractivity contribution in [1.82, 2.24) is 0 Å². The van der Waals surface area contributed by atoms with Crippen molar-refractivity contribution in [2.75, 3.05) is 0 Å². The van der Waals surface area contributed by atoms with Gasteiger partial charge in [0.25, 0.3) is 0 Å². The highest BCUT2D eigenvalue weighted by molar-refractivity contribution is 9.10. The van der Waals surface area contributed by atoms with E-state index in [1.54, 1.807) is 19.9 Å². The van der Waals surface area contributed by atoms with Gasteiger partial charge in [0.2, 0.25) is 0 Å². The van der Waals surface area contributed by atoms with Crippen molar-refractivity contribution in [2.24, 2.45) is 0 Å². The molecule has 0 bridgehead atoms. The van der Waals surface area contributed by atoms with Crippen molar-refractivity contribution in [1.29, 1.82) is 5.26 Å². The van der Waals surface area contributed by atoms with Gasteiger partial charge in [-0.15, -0.1) is 0 Å². The second-order valence-corrected chi connectivity index (χ2v) is 5.25. The lowest BCUT2D eigenvalue weighted by atomic mass is 9.96. The van der Waals surface area contributed by atoms with E-state index < -0.39 is 23.6 Å². The number of ether oxygens (including phenoxy) is 1. The number of hydrogen-bond acceptors (Lipinski definition) is 3. The lowest BCUT2D eigenvalue weighted by molar-refractivity contribution is -0.0921. The Morgan fingerprint density at radius 1 is 1.50 bits per heavy atom. The third-order valence-corrected chi connectivity index (χ3v) is 3.25. The first-order chi connectivity index (χ1) is 8.30. The van der Waals surface area contributed by atoms with Crippen molar-refractivity contribution in [3.63, 3.8) is 0 Å². The van der Waals surface area contributed by atoms with Gasteiger partial charge in [0.1, 0.15) is 11.9 Å². The van der Waals surface area contributed by atoms with Crippen molar-refractivity contribution in [2.45, 2.75) is 38.6 Å². The minimum absolute atomic E-state index is 0.145. The lowest BCUT2D eigenvalue weighted by Crippen LogP contribution is -2.34. The summed E-state index contributed by atoms with van der Waals surface area (Å²) in [5, 5.41) is 18.7. The summed E-state index contributed by atoms with van der Waals surface area (Å²) in [7, 11) is 0. The molecule has 98 valence electrons. The van der Waals surface area contributed by atoms with Crippen LogP contribution in [0.3, 0.4) is 0 Å². The van der Waals surface area contributed by atoms with Crippen LogP contribution in [-0.4, -0.2) is 17.3 Å². The molecule has 1 aromatic carbocycles. The Morgan fingerprint density at radius 2 is 2.11 bits per heavy atom. The highest BCUT2D eigenvalue weighted by Gasteiger charge is 2.33. The molecule has 0 heterocycles. The molecular formula is C13H15BrFNO2. The monoisotopic (exact) mass is 315 g/mol. The SMILES string of the molecule is CC(O)C(C)OC(C)(C#N)c1cc(Br)ccc1F. The zero-order valence-corrected chi connectivity index (χ0v) is 12.0. The van der Waals surface area contributed by atoms with E-state index >= 15 is 0 Å². The van der Waals surface area contributed by atoms with Gasteiger partial charge in [-0.1, -0.05) is 15.9 Å². The number of nitriles is 1. The van der Waals surface area contributed by atoms with E-state index in [0.717, 1.165) is 0 Å². The van der Waals surface area contributed by atoms with E-state index in [4.69, 9.17) is 4.74 Å². The third kappa shape index (κ3) is 3.29. The predicted molar refractivity (Wildman–Crippen MR) is 69.3 cm³/mol. The molecule has 1 aromatic rings. The molecule has 1 N–H and O–H groups in total. The van der Waals surface area contributed by atoms with Gasteiger partial charge in [-0.3, -0.25) is 0 Å². The number of aliphatic hydroxyl groups is 1. The van der Waals surface area contributed by atoms with Crippen LogP contribution in [0, 0.1) is 17.1 Å². The average Bonchev–Trinajstić information content (AvgIpc) is 2.31. The average molecular weight is 316 g/mol. The molecule has 1 rings (SSSR count). The molecule has 0 radical (unpaired) electrons. The molecule has 0 saturated heterocycles. The molecule has 3 nitrogen and oxygen atoms in total. The number of benzene rings is 1. The van der Waals surface area contributed by atoms with E-state index in [-0.39, 0.29) is 5.56 Å². The van der Waals surface area contributed by atoms with E-state index in [9.17, 15) is 14.8 Å². The van der Waals surface area contributed by atoms with Gasteiger partial charge < -0.3 is 9.84 Å². The van der Waals surface area contributed by atoms with Crippen LogP contribution in [0.2, 0.25) is 0 Å². The highest BCUT2D eigenvalue weighted by atomic mass is 79.9. The fourth-order valence-electron chi connectivity index (χ4n) is 1.48. The summed E-state index contributed by atoms with van der Waals surface area (Å²) in [6, 6.07) is 6.28. The summed E-state index contributed by atoms with van der Waals surface area (Å²) in [6.45, 7) is 4.67. The van der Waals surface area contributed by atoms with Crippen LogP contribution < -0.4 is 0 Å². The fourth-order valence-corrected chi connectivity index (χ4v) is 1.84. The number of hydrogen-bond donors (Lipinski definition) is 1. The molecule has 5 heteroatoms. The summed E-state index contributed by atoms with van der Waals surface area (Å²) in [6.07, 6.45) is -1.32. The molecule has 0 spiro atoms. The van der Waals surface area contributed by atoms with Crippen LogP contribution in [0.5, 0.6) is 0 Å². The Bertz CT molecular complexity index is 473. The van der Waals surface area contributed by atoms with Gasteiger partial charge in [0.15, 0.2) is 5.60 Å². The maximum atomic E-state index is 13.8. The molecule has 0 amide bonds. The summed E-state index contributed by atoms with van der Waals surface area (Å²) in [5.74, 6) is -0.514. The largest absolute Gasteiger partial charge is 0.391 e. The van der Waals surface area contributed by atoms with Crippen LogP contribution in [0.25, 0.3) is 0 Å². The van der Waals surface area contributed by atoms with Gasteiger partial charge in [0, 0.05) is 10.0 Å². The Kier molecular flexibility index (Phi) is 4.85. The van der Waals surface area contributed by atoms with Gasteiger partial charge >= 0.3 is 0 Å². The fraction of sp³-hybridized carbons (Fsp3) is 0.462. The smallest absolute Gasteiger partial charge is 0.180 e. The zero-order valence-electron chi connectivity index (χ0n) is 10.4. The number of halogens is 2. The second-order valence-electron chi connectivity index (χ2n) is 4.33. The molecule has 0 saturated carbocycles. The van der Waals surface area contributed by atoms with E-state index in [1.165, 1.54) is 19.1 Å². The van der Waals surface area contributed by atoms with Crippen LogP contribution >= 0.6 is 15.9 Å². The number of rotatable bonds is 4. The normalized spacial score (nSPS) is 17.6. The first-order valence-electron chi connectivity index (χ1n) is 5.53. The van der Waals surface area contributed by atoms with Crippen LogP contribution in [0.1, 0.15) is 26.3 Å². The standard InChI is InChI=1S/C13H15BrFNO2/c1-8(17)9(2)18-13(3,7-16)11-6-10(14)4-5-12(11)15/h4-6,8-9,17H,1-3H3. The Morgan fingerprint density at radius 3 is 2.61 bits per heavy atom. The minimum Gasteiger partial charge on any atom is -0.391 e. The van der Waals surface area contributed by atoms with Gasteiger partial charge in [0.05, 0.1) is 12.2 Å². The van der Waals surface area contributed by atoms with Gasteiger partial charge in [-0.2, -0.15) is 5.26 Å². The molecule has 0 aliphatic heterocycles. The topological polar surface area (TPSA) is 53.2 Å². The van der Waals surface area contributed by atoms with Crippen LogP contribution in [0.4, 0.5) is 4.39 Å². The summed E-state index contributed by atoms with van der Waals surface area (Å²) < 4.78 is 19.9. The molecule has 3 atom stereocenters. The van der Waals surface area contributed by atoms with Crippen molar-refractivity contribution < 1.29 is 14.2 Å². The Hall–Kier alpha value is -0.960. The first kappa shape index (κ1) is 15.1. The molecule has 18 heavy (non-hydrogen) atoms. The van der Waals surface area contributed by atoms with Gasteiger partial charge in [-0.25, -0.2) is 4.39 Å². The summed E-state index contributed by atoms with van der Waals surface area (Å²) in [4.78, 5) is 0. The first-order valence-corrected chi connectivity index (χ1v) is 6.32. The van der Waals surface area contributed by atoms with Gasteiger partial charge in [-0.05, 0) is 39.0 Å². The maximum Gasteiger partial charge on any atom is 0.180 e. The summed E-state index contributed by atoms with van der Waals surface area (Å²) in [5.41, 5.74) is -1.29. The number of nitrogens with zero attached hydrogens (tertiary/aromatic N) is 1. The Balaban J connectivity index is 3.15. The van der Waals surface area contributed by atoms with Crippen molar-refractivity contribution >= 4 is 15.9 Å². The van der Waals surface area contributed by atoms with Crippen molar-refractivity contribution in [3.05, 3.63) is 34.1 Å². The lowest BCUT2D eigenvalue weighted by Gasteiger charge is -2.28. The van der Waals surface area contributed by atoms with Crippen LogP contribution in [0.15, 0.2) is 22.7 Å². The minimum atomic E-state index is -1.44. The van der Waals surface area contributed by atoms with Crippen LogP contribution in [-0.2, 0) is 10.3 Å². The zero-order chi connectivity index (χ0) is 13.9. The molecular weight excluding hydrogens is 301 g/mol. The molecule has 0 aromatic heterocycles. The second kappa shape index (κ2) is 5.79. The molecule has 0 fully saturated rings. The Labute approximate surface area is 114 Å². The van der Waals surface area contributed by atoms with E-state index in [2.05, 4.69) is 15.9 Å². The predicted octanol–water partition coefficient (Wildman–Crippen LogP) is 3.11. The van der Waals surface area contributed by atoms with Crippen molar-refractivity contribution in [3.8, 4) is 6.07 Å². The third-order valence-electron chi connectivity index (χ3n) is 2.76. The molecule has 0 aliphatic rings. The number of aliphatic hydroxyl groups excluding tert-OH is 1. The van der Waals surface area contributed by atoms with E-state index in [0.29, 0.717) is 4.47 Å².